The van der Waals surface area contributed by atoms with Crippen LogP contribution in [0.2, 0.25) is 0 Å². The van der Waals surface area contributed by atoms with E-state index in [4.69, 9.17) is 0 Å². The third-order valence-electron chi connectivity index (χ3n) is 3.33. The molecule has 0 spiro atoms. The number of benzene rings is 1. The molecule has 2 atom stereocenters. The van der Waals surface area contributed by atoms with Crippen LogP contribution in [-0.4, -0.2) is 20.1 Å². The molecule has 0 saturated carbocycles. The normalized spacial score (nSPS) is 25.2. The summed E-state index contributed by atoms with van der Waals surface area (Å²) in [5.41, 5.74) is 2.74. The van der Waals surface area contributed by atoms with E-state index in [0.717, 1.165) is 10.9 Å². The van der Waals surface area contributed by atoms with E-state index in [2.05, 4.69) is 58.3 Å². The van der Waals surface area contributed by atoms with Crippen LogP contribution in [-0.2, 0) is 0 Å². The van der Waals surface area contributed by atoms with E-state index in [-0.39, 0.29) is 0 Å². The van der Waals surface area contributed by atoms with Gasteiger partial charge >= 0.3 is 0 Å². The van der Waals surface area contributed by atoms with Gasteiger partial charge in [-0.25, -0.2) is 0 Å². The molecule has 2 nitrogen and oxygen atoms in total. The number of nitrogens with zero attached hydrogens (tertiary/aromatic N) is 1. The molecule has 1 aliphatic heterocycles. The van der Waals surface area contributed by atoms with E-state index in [0.29, 0.717) is 12.1 Å². The average Bonchev–Trinajstić information content (AvgIpc) is 2.23. The highest BCUT2D eigenvalue weighted by Crippen LogP contribution is 2.37. The number of fused-ring (bicyclic) bond motifs is 1. The third kappa shape index (κ3) is 1.91. The lowest BCUT2D eigenvalue weighted by atomic mass is 9.92. The monoisotopic (exact) mass is 268 g/mol. The highest BCUT2D eigenvalue weighted by molar-refractivity contribution is 9.10. The van der Waals surface area contributed by atoms with Gasteiger partial charge in [0, 0.05) is 29.3 Å². The minimum absolute atomic E-state index is 0.476. The second-order valence-corrected chi connectivity index (χ2v) is 5.16. The fourth-order valence-electron chi connectivity index (χ4n) is 2.26. The Labute approximate surface area is 99.8 Å². The number of rotatable bonds is 1. The fourth-order valence-corrected chi connectivity index (χ4v) is 2.64. The lowest BCUT2D eigenvalue weighted by Crippen LogP contribution is -2.38. The van der Waals surface area contributed by atoms with Gasteiger partial charge in [-0.3, -0.25) is 0 Å². The fraction of sp³-hybridized carbons (Fsp3) is 0.500. The van der Waals surface area contributed by atoms with Crippen molar-refractivity contribution in [2.24, 2.45) is 0 Å². The first-order valence-corrected chi connectivity index (χ1v) is 6.12. The molecule has 2 rings (SSSR count). The molecule has 0 saturated heterocycles. The van der Waals surface area contributed by atoms with Gasteiger partial charge in [0.25, 0.3) is 0 Å². The third-order valence-corrected chi connectivity index (χ3v) is 3.82. The first-order chi connectivity index (χ1) is 7.13. The maximum Gasteiger partial charge on any atom is 0.0415 e. The Morgan fingerprint density at radius 3 is 2.87 bits per heavy atom. The zero-order chi connectivity index (χ0) is 11.0. The number of hydrogen-bond acceptors (Lipinski definition) is 2. The first kappa shape index (κ1) is 11.0. The van der Waals surface area contributed by atoms with E-state index in [1.807, 2.05) is 7.05 Å². The van der Waals surface area contributed by atoms with Crippen LogP contribution in [0, 0.1) is 0 Å². The summed E-state index contributed by atoms with van der Waals surface area (Å²) in [7, 11) is 4.21. The van der Waals surface area contributed by atoms with Crippen LogP contribution in [0.5, 0.6) is 0 Å². The van der Waals surface area contributed by atoms with Crippen molar-refractivity contribution in [1.29, 1.82) is 0 Å². The van der Waals surface area contributed by atoms with E-state index < -0.39 is 0 Å². The van der Waals surface area contributed by atoms with E-state index in [1.54, 1.807) is 0 Å². The summed E-state index contributed by atoms with van der Waals surface area (Å²) in [6.45, 7) is 2.27. The van der Waals surface area contributed by atoms with Crippen LogP contribution in [0.3, 0.4) is 0 Å². The van der Waals surface area contributed by atoms with Gasteiger partial charge in [-0.2, -0.15) is 0 Å². The molecule has 1 aromatic rings. The standard InChI is InChI=1S/C12H17BrN2/c1-8-6-11(14-2)10-7-9(13)4-5-12(10)15(8)3/h4-5,7-8,11,14H,6H2,1-3H3. The Morgan fingerprint density at radius 1 is 1.47 bits per heavy atom. The zero-order valence-electron chi connectivity index (χ0n) is 9.42. The summed E-state index contributed by atoms with van der Waals surface area (Å²) < 4.78 is 1.16. The van der Waals surface area contributed by atoms with Crippen LogP contribution in [0.15, 0.2) is 22.7 Å². The van der Waals surface area contributed by atoms with Gasteiger partial charge in [0.1, 0.15) is 0 Å². The highest BCUT2D eigenvalue weighted by atomic mass is 79.9. The number of nitrogens with one attached hydrogen (secondary N) is 1. The molecule has 0 bridgehead atoms. The zero-order valence-corrected chi connectivity index (χ0v) is 11.0. The van der Waals surface area contributed by atoms with Crippen molar-refractivity contribution in [2.75, 3.05) is 19.0 Å². The molecule has 0 radical (unpaired) electrons. The van der Waals surface area contributed by atoms with E-state index in [1.165, 1.54) is 11.3 Å². The topological polar surface area (TPSA) is 15.3 Å². The summed E-state index contributed by atoms with van der Waals surface area (Å²) in [4.78, 5) is 2.36. The van der Waals surface area contributed by atoms with Crippen molar-refractivity contribution < 1.29 is 0 Å². The molecular weight excluding hydrogens is 252 g/mol. The van der Waals surface area contributed by atoms with Crippen molar-refractivity contribution in [3.05, 3.63) is 28.2 Å². The molecule has 82 valence electrons. The molecule has 0 aliphatic carbocycles. The van der Waals surface area contributed by atoms with Gasteiger partial charge in [0.05, 0.1) is 0 Å². The summed E-state index contributed by atoms with van der Waals surface area (Å²) in [6, 6.07) is 7.60. The summed E-state index contributed by atoms with van der Waals surface area (Å²) >= 11 is 3.54. The Morgan fingerprint density at radius 2 is 2.20 bits per heavy atom. The van der Waals surface area contributed by atoms with Crippen molar-refractivity contribution in [1.82, 2.24) is 5.32 Å². The molecule has 15 heavy (non-hydrogen) atoms. The second-order valence-electron chi connectivity index (χ2n) is 4.24. The van der Waals surface area contributed by atoms with Gasteiger partial charge in [0.2, 0.25) is 0 Å². The van der Waals surface area contributed by atoms with Gasteiger partial charge in [-0.05, 0) is 44.2 Å². The van der Waals surface area contributed by atoms with Crippen molar-refractivity contribution in [3.8, 4) is 0 Å². The molecule has 1 aliphatic rings. The van der Waals surface area contributed by atoms with Gasteiger partial charge in [0.15, 0.2) is 0 Å². The molecule has 3 heteroatoms. The molecule has 0 fully saturated rings. The predicted molar refractivity (Wildman–Crippen MR) is 68.4 cm³/mol. The average molecular weight is 269 g/mol. The number of halogens is 1. The SMILES string of the molecule is CNC1CC(C)N(C)c2ccc(Br)cc21. The lowest BCUT2D eigenvalue weighted by Gasteiger charge is -2.38. The van der Waals surface area contributed by atoms with Crippen molar-refractivity contribution in [3.63, 3.8) is 0 Å². The highest BCUT2D eigenvalue weighted by Gasteiger charge is 2.26. The molecule has 2 unspecified atom stereocenters. The molecule has 1 N–H and O–H groups in total. The molecular formula is C12H17BrN2. The first-order valence-electron chi connectivity index (χ1n) is 5.33. The molecule has 1 aromatic carbocycles. The maximum absolute atomic E-state index is 3.54. The second kappa shape index (κ2) is 4.14. The van der Waals surface area contributed by atoms with Crippen LogP contribution in [0.25, 0.3) is 0 Å². The largest absolute Gasteiger partial charge is 0.372 e. The van der Waals surface area contributed by atoms with Gasteiger partial charge in [-0.15, -0.1) is 0 Å². The minimum atomic E-state index is 0.476. The lowest BCUT2D eigenvalue weighted by molar-refractivity contribution is 0.463. The summed E-state index contributed by atoms with van der Waals surface area (Å²) in [6.07, 6.45) is 1.16. The van der Waals surface area contributed by atoms with Crippen LogP contribution in [0.1, 0.15) is 24.9 Å². The Balaban J connectivity index is 2.48. The van der Waals surface area contributed by atoms with Crippen molar-refractivity contribution >= 4 is 21.6 Å². The van der Waals surface area contributed by atoms with Crippen LogP contribution >= 0.6 is 15.9 Å². The Kier molecular flexibility index (Phi) is 3.03. The van der Waals surface area contributed by atoms with Gasteiger partial charge in [-0.1, -0.05) is 15.9 Å². The quantitative estimate of drug-likeness (QED) is 0.843. The smallest absolute Gasteiger partial charge is 0.0415 e. The minimum Gasteiger partial charge on any atom is -0.372 e. The number of hydrogen-bond donors (Lipinski definition) is 1. The predicted octanol–water partition coefficient (Wildman–Crippen LogP) is 2.94. The molecule has 0 amide bonds. The number of anilines is 1. The molecule has 0 aromatic heterocycles. The Bertz CT molecular complexity index is 365. The van der Waals surface area contributed by atoms with Crippen molar-refractivity contribution in [2.45, 2.75) is 25.4 Å². The van der Waals surface area contributed by atoms with Crippen LogP contribution < -0.4 is 10.2 Å². The van der Waals surface area contributed by atoms with E-state index >= 15 is 0 Å². The summed E-state index contributed by atoms with van der Waals surface area (Å²) in [5.74, 6) is 0. The Hall–Kier alpha value is -0.540. The van der Waals surface area contributed by atoms with Crippen LogP contribution in [0.4, 0.5) is 5.69 Å². The van der Waals surface area contributed by atoms with E-state index in [9.17, 15) is 0 Å². The maximum atomic E-state index is 3.54. The molecule has 1 heterocycles. The summed E-state index contributed by atoms with van der Waals surface area (Å²) in [5, 5.41) is 3.39. The van der Waals surface area contributed by atoms with Gasteiger partial charge < -0.3 is 10.2 Å².